The highest BCUT2D eigenvalue weighted by atomic mass is 16.5. The minimum Gasteiger partial charge on any atom is -0.497 e. The highest BCUT2D eigenvalue weighted by molar-refractivity contribution is 5.46. The third kappa shape index (κ3) is 4.14. The van der Waals surface area contributed by atoms with E-state index in [9.17, 15) is 5.26 Å². The van der Waals surface area contributed by atoms with E-state index in [-0.39, 0.29) is 12.3 Å². The van der Waals surface area contributed by atoms with Crippen molar-refractivity contribution < 1.29 is 13.9 Å². The molecule has 0 unspecified atom stereocenters. The Morgan fingerprint density at radius 3 is 2.62 bits per heavy atom. The molecule has 1 heterocycles. The largest absolute Gasteiger partial charge is 0.497 e. The number of aryl methyl sites for hydroxylation is 1. The standard InChI is InChI=1S/C20H19N3O3/c1-14-5-3-4-6-18(14)25-13-19-23-17(11-21)20(26-19)22-12-15-7-9-16(24-2)10-8-15/h3-10,22H,12-13H2,1-2H3. The topological polar surface area (TPSA) is 80.3 Å². The zero-order valence-corrected chi connectivity index (χ0v) is 14.7. The monoisotopic (exact) mass is 349 g/mol. The molecule has 0 atom stereocenters. The van der Waals surface area contributed by atoms with Gasteiger partial charge in [-0.2, -0.15) is 10.2 Å². The molecular weight excluding hydrogens is 330 g/mol. The third-order valence-corrected chi connectivity index (χ3v) is 3.83. The molecule has 132 valence electrons. The maximum Gasteiger partial charge on any atom is 0.236 e. The van der Waals surface area contributed by atoms with Gasteiger partial charge in [-0.1, -0.05) is 30.3 Å². The van der Waals surface area contributed by atoms with E-state index in [4.69, 9.17) is 13.9 Å². The molecule has 0 bridgehead atoms. The molecule has 2 aromatic carbocycles. The van der Waals surface area contributed by atoms with Crippen LogP contribution in [0.2, 0.25) is 0 Å². The van der Waals surface area contributed by atoms with E-state index in [1.807, 2.05) is 61.5 Å². The van der Waals surface area contributed by atoms with Gasteiger partial charge in [-0.15, -0.1) is 0 Å². The van der Waals surface area contributed by atoms with Gasteiger partial charge < -0.3 is 19.2 Å². The number of ether oxygens (including phenoxy) is 2. The van der Waals surface area contributed by atoms with Crippen molar-refractivity contribution in [3.05, 3.63) is 71.2 Å². The lowest BCUT2D eigenvalue weighted by Gasteiger charge is -2.06. The summed E-state index contributed by atoms with van der Waals surface area (Å²) < 4.78 is 16.5. The van der Waals surface area contributed by atoms with Gasteiger partial charge in [-0.3, -0.25) is 0 Å². The molecule has 3 aromatic rings. The quantitative estimate of drug-likeness (QED) is 0.693. The van der Waals surface area contributed by atoms with Gasteiger partial charge in [0.15, 0.2) is 6.61 Å². The van der Waals surface area contributed by atoms with Crippen LogP contribution in [0.25, 0.3) is 0 Å². The summed E-state index contributed by atoms with van der Waals surface area (Å²) in [6.45, 7) is 2.63. The summed E-state index contributed by atoms with van der Waals surface area (Å²) in [4.78, 5) is 4.18. The number of hydrogen-bond acceptors (Lipinski definition) is 6. The number of nitrogens with one attached hydrogen (secondary N) is 1. The lowest BCUT2D eigenvalue weighted by molar-refractivity contribution is 0.263. The second-order valence-corrected chi connectivity index (χ2v) is 5.65. The number of rotatable bonds is 7. The first-order valence-electron chi connectivity index (χ1n) is 8.14. The smallest absolute Gasteiger partial charge is 0.236 e. The second kappa shape index (κ2) is 8.08. The molecule has 26 heavy (non-hydrogen) atoms. The molecule has 0 amide bonds. The first kappa shape index (κ1) is 17.4. The fourth-order valence-corrected chi connectivity index (χ4v) is 2.41. The predicted octanol–water partition coefficient (Wildman–Crippen LogP) is 4.05. The lowest BCUT2D eigenvalue weighted by Crippen LogP contribution is -1.99. The molecule has 6 heteroatoms. The number of oxazole rings is 1. The first-order valence-corrected chi connectivity index (χ1v) is 8.14. The number of anilines is 1. The molecule has 0 aliphatic heterocycles. The van der Waals surface area contributed by atoms with Crippen molar-refractivity contribution >= 4 is 5.88 Å². The number of aromatic nitrogens is 1. The van der Waals surface area contributed by atoms with E-state index < -0.39 is 0 Å². The zero-order chi connectivity index (χ0) is 18.4. The van der Waals surface area contributed by atoms with Crippen LogP contribution in [0, 0.1) is 18.3 Å². The minimum atomic E-state index is 0.156. The van der Waals surface area contributed by atoms with Crippen molar-refractivity contribution in [2.24, 2.45) is 0 Å². The Morgan fingerprint density at radius 2 is 1.92 bits per heavy atom. The number of nitriles is 1. The molecule has 0 radical (unpaired) electrons. The van der Waals surface area contributed by atoms with Crippen molar-refractivity contribution in [3.8, 4) is 17.6 Å². The number of methoxy groups -OCH3 is 1. The van der Waals surface area contributed by atoms with E-state index >= 15 is 0 Å². The summed E-state index contributed by atoms with van der Waals surface area (Å²) in [5, 5.41) is 12.4. The molecule has 0 saturated heterocycles. The Labute approximate surface area is 152 Å². The van der Waals surface area contributed by atoms with Crippen molar-refractivity contribution in [2.45, 2.75) is 20.1 Å². The molecule has 0 spiro atoms. The summed E-state index contributed by atoms with van der Waals surface area (Å²) in [7, 11) is 1.63. The molecule has 0 fully saturated rings. The Hall–Kier alpha value is -3.46. The fourth-order valence-electron chi connectivity index (χ4n) is 2.41. The van der Waals surface area contributed by atoms with Crippen LogP contribution in [-0.2, 0) is 13.2 Å². The highest BCUT2D eigenvalue weighted by Crippen LogP contribution is 2.21. The van der Waals surface area contributed by atoms with Crippen LogP contribution in [0.1, 0.15) is 22.7 Å². The van der Waals surface area contributed by atoms with Crippen LogP contribution in [-0.4, -0.2) is 12.1 Å². The average molecular weight is 349 g/mol. The minimum absolute atomic E-state index is 0.156. The maximum atomic E-state index is 9.26. The third-order valence-electron chi connectivity index (χ3n) is 3.83. The first-order chi connectivity index (χ1) is 12.7. The van der Waals surface area contributed by atoms with Gasteiger partial charge in [0, 0.05) is 6.54 Å². The number of benzene rings is 2. The molecule has 0 saturated carbocycles. The summed E-state index contributed by atoms with van der Waals surface area (Å²) >= 11 is 0. The van der Waals surface area contributed by atoms with Gasteiger partial charge in [0.25, 0.3) is 0 Å². The van der Waals surface area contributed by atoms with E-state index in [1.165, 1.54) is 0 Å². The SMILES string of the molecule is COc1ccc(CNc2oc(COc3ccccc3C)nc2C#N)cc1. The molecule has 0 aliphatic carbocycles. The molecule has 1 N–H and O–H groups in total. The predicted molar refractivity (Wildman–Crippen MR) is 97.0 cm³/mol. The van der Waals surface area contributed by atoms with E-state index in [2.05, 4.69) is 10.3 Å². The fraction of sp³-hybridized carbons (Fsp3) is 0.200. The Kier molecular flexibility index (Phi) is 5.40. The lowest BCUT2D eigenvalue weighted by atomic mass is 10.2. The van der Waals surface area contributed by atoms with Crippen molar-refractivity contribution in [3.63, 3.8) is 0 Å². The average Bonchev–Trinajstić information content (AvgIpc) is 3.08. The number of hydrogen-bond donors (Lipinski definition) is 1. The van der Waals surface area contributed by atoms with Gasteiger partial charge in [0.2, 0.25) is 17.5 Å². The van der Waals surface area contributed by atoms with Gasteiger partial charge in [-0.05, 0) is 36.2 Å². The van der Waals surface area contributed by atoms with Crippen molar-refractivity contribution in [1.82, 2.24) is 4.98 Å². The summed E-state index contributed by atoms with van der Waals surface area (Å²) in [6.07, 6.45) is 0. The summed E-state index contributed by atoms with van der Waals surface area (Å²) in [5.41, 5.74) is 2.27. The van der Waals surface area contributed by atoms with Crippen LogP contribution in [0.3, 0.4) is 0 Å². The van der Waals surface area contributed by atoms with E-state index in [1.54, 1.807) is 7.11 Å². The van der Waals surface area contributed by atoms with Crippen LogP contribution in [0.5, 0.6) is 11.5 Å². The Balaban J connectivity index is 1.64. The van der Waals surface area contributed by atoms with E-state index in [0.29, 0.717) is 18.3 Å². The van der Waals surface area contributed by atoms with Crippen LogP contribution in [0.4, 0.5) is 5.88 Å². The van der Waals surface area contributed by atoms with Gasteiger partial charge in [0.1, 0.15) is 17.6 Å². The second-order valence-electron chi connectivity index (χ2n) is 5.65. The van der Waals surface area contributed by atoms with Crippen molar-refractivity contribution in [1.29, 1.82) is 5.26 Å². The van der Waals surface area contributed by atoms with E-state index in [0.717, 1.165) is 22.6 Å². The Bertz CT molecular complexity index is 911. The normalized spacial score (nSPS) is 10.2. The number of nitrogens with zero attached hydrogens (tertiary/aromatic N) is 2. The highest BCUT2D eigenvalue weighted by Gasteiger charge is 2.13. The summed E-state index contributed by atoms with van der Waals surface area (Å²) in [5.74, 6) is 2.24. The van der Waals surface area contributed by atoms with Crippen LogP contribution < -0.4 is 14.8 Å². The molecule has 1 aromatic heterocycles. The van der Waals surface area contributed by atoms with Crippen LogP contribution in [0.15, 0.2) is 52.9 Å². The molecular formula is C20H19N3O3. The molecule has 3 rings (SSSR count). The van der Waals surface area contributed by atoms with Crippen LogP contribution >= 0.6 is 0 Å². The molecule has 0 aliphatic rings. The Morgan fingerprint density at radius 1 is 1.15 bits per heavy atom. The number of para-hydroxylation sites is 1. The molecule has 6 nitrogen and oxygen atoms in total. The van der Waals surface area contributed by atoms with Gasteiger partial charge in [-0.25, -0.2) is 0 Å². The zero-order valence-electron chi connectivity index (χ0n) is 14.7. The summed E-state index contributed by atoms with van der Waals surface area (Å²) in [6, 6.07) is 17.4. The van der Waals surface area contributed by atoms with Gasteiger partial charge >= 0.3 is 0 Å². The van der Waals surface area contributed by atoms with Gasteiger partial charge in [0.05, 0.1) is 7.11 Å². The maximum absolute atomic E-state index is 9.26. The van der Waals surface area contributed by atoms with Crippen molar-refractivity contribution in [2.75, 3.05) is 12.4 Å².